The Bertz CT molecular complexity index is 407. The van der Waals surface area contributed by atoms with Crippen LogP contribution < -0.4 is 5.73 Å². The molecule has 0 spiro atoms. The summed E-state index contributed by atoms with van der Waals surface area (Å²) in [6, 6.07) is 8.17. The number of rotatable bonds is 3. The van der Waals surface area contributed by atoms with Crippen molar-refractivity contribution in [3.63, 3.8) is 0 Å². The summed E-state index contributed by atoms with van der Waals surface area (Å²) in [5.41, 5.74) is 4.22. The molecule has 0 saturated carbocycles. The van der Waals surface area contributed by atoms with Crippen molar-refractivity contribution in [1.29, 1.82) is 0 Å². The van der Waals surface area contributed by atoms with Crippen molar-refractivity contribution in [1.82, 2.24) is 0 Å². The second kappa shape index (κ2) is 5.08. The Morgan fingerprint density at radius 3 is 2.17 bits per heavy atom. The van der Waals surface area contributed by atoms with E-state index in [0.717, 1.165) is 0 Å². The fourth-order valence-corrected chi connectivity index (χ4v) is 1.49. The van der Waals surface area contributed by atoms with E-state index < -0.39 is 23.2 Å². The lowest BCUT2D eigenvalue weighted by Crippen LogP contribution is -2.48. The molecule has 3 N–H and O–H groups in total. The van der Waals surface area contributed by atoms with Crippen molar-refractivity contribution >= 4 is 5.97 Å². The number of carbonyl (C=O) groups is 1. The Morgan fingerprint density at radius 1 is 1.22 bits per heavy atom. The standard InChI is InChI=1S/C14H21NO3/c1-13(2,3)18-12(16)14(4,17)11(15)10-8-6-5-7-9-10/h5-9,11,17H,15H2,1-4H3. The van der Waals surface area contributed by atoms with Gasteiger partial charge in [-0.2, -0.15) is 0 Å². The van der Waals surface area contributed by atoms with Crippen molar-refractivity contribution < 1.29 is 14.6 Å². The molecule has 1 aromatic rings. The van der Waals surface area contributed by atoms with E-state index >= 15 is 0 Å². The predicted molar refractivity (Wildman–Crippen MR) is 69.8 cm³/mol. The SMILES string of the molecule is CC(C)(C)OC(=O)C(C)(O)C(N)c1ccccc1. The quantitative estimate of drug-likeness (QED) is 0.803. The molecule has 0 aliphatic carbocycles. The van der Waals surface area contributed by atoms with Gasteiger partial charge in [0.25, 0.3) is 0 Å². The molecular formula is C14H21NO3. The molecule has 0 radical (unpaired) electrons. The molecule has 0 aromatic heterocycles. The highest BCUT2D eigenvalue weighted by molar-refractivity contribution is 5.80. The first-order valence-electron chi connectivity index (χ1n) is 5.91. The molecule has 1 aromatic carbocycles. The van der Waals surface area contributed by atoms with Crippen molar-refractivity contribution in [2.24, 2.45) is 5.73 Å². The molecule has 2 atom stereocenters. The van der Waals surface area contributed by atoms with E-state index in [2.05, 4.69) is 0 Å². The molecule has 0 aliphatic rings. The molecule has 0 heterocycles. The van der Waals surface area contributed by atoms with Crippen LogP contribution in [0.3, 0.4) is 0 Å². The molecule has 2 unspecified atom stereocenters. The highest BCUT2D eigenvalue weighted by Crippen LogP contribution is 2.26. The van der Waals surface area contributed by atoms with E-state index in [-0.39, 0.29) is 0 Å². The van der Waals surface area contributed by atoms with Crippen LogP contribution in [0.2, 0.25) is 0 Å². The smallest absolute Gasteiger partial charge is 0.340 e. The first-order valence-corrected chi connectivity index (χ1v) is 5.91. The molecule has 1 rings (SSSR count). The fourth-order valence-electron chi connectivity index (χ4n) is 1.49. The van der Waals surface area contributed by atoms with Gasteiger partial charge >= 0.3 is 5.97 Å². The zero-order valence-electron chi connectivity index (χ0n) is 11.3. The van der Waals surface area contributed by atoms with Gasteiger partial charge in [-0.05, 0) is 33.3 Å². The predicted octanol–water partition coefficient (Wildman–Crippen LogP) is 1.78. The summed E-state index contributed by atoms with van der Waals surface area (Å²) in [6.07, 6.45) is 0. The number of aliphatic hydroxyl groups is 1. The summed E-state index contributed by atoms with van der Waals surface area (Å²) in [5.74, 6) is -0.716. The normalized spacial score (nSPS) is 16.8. The summed E-state index contributed by atoms with van der Waals surface area (Å²) in [5, 5.41) is 10.3. The Morgan fingerprint density at radius 2 is 1.72 bits per heavy atom. The molecule has 4 heteroatoms. The van der Waals surface area contributed by atoms with Gasteiger partial charge in [-0.15, -0.1) is 0 Å². The maximum Gasteiger partial charge on any atom is 0.340 e. The van der Waals surface area contributed by atoms with Crippen molar-refractivity contribution in [2.75, 3.05) is 0 Å². The Labute approximate surface area is 108 Å². The molecule has 0 bridgehead atoms. The van der Waals surface area contributed by atoms with Gasteiger partial charge in [-0.1, -0.05) is 30.3 Å². The first kappa shape index (κ1) is 14.7. The number of nitrogens with two attached hydrogens (primary N) is 1. The van der Waals surface area contributed by atoms with Crippen LogP contribution in [0.5, 0.6) is 0 Å². The highest BCUT2D eigenvalue weighted by atomic mass is 16.6. The lowest BCUT2D eigenvalue weighted by Gasteiger charge is -2.31. The van der Waals surface area contributed by atoms with E-state index in [4.69, 9.17) is 10.5 Å². The molecule has 100 valence electrons. The summed E-state index contributed by atoms with van der Waals surface area (Å²) in [7, 11) is 0. The maximum atomic E-state index is 11.9. The van der Waals surface area contributed by atoms with Crippen molar-refractivity contribution in [3.05, 3.63) is 35.9 Å². The Kier molecular flexibility index (Phi) is 4.14. The third kappa shape index (κ3) is 3.55. The van der Waals surface area contributed by atoms with Gasteiger partial charge in [0.1, 0.15) is 5.60 Å². The molecule has 0 aliphatic heterocycles. The lowest BCUT2D eigenvalue weighted by atomic mass is 9.91. The molecule has 0 amide bonds. The van der Waals surface area contributed by atoms with Gasteiger partial charge in [0.2, 0.25) is 0 Å². The highest BCUT2D eigenvalue weighted by Gasteiger charge is 2.41. The minimum absolute atomic E-state index is 0.655. The number of benzene rings is 1. The van der Waals surface area contributed by atoms with E-state index in [0.29, 0.717) is 5.56 Å². The largest absolute Gasteiger partial charge is 0.458 e. The van der Waals surface area contributed by atoms with Gasteiger partial charge < -0.3 is 15.6 Å². The third-order valence-corrected chi connectivity index (χ3v) is 2.58. The van der Waals surface area contributed by atoms with Crippen LogP contribution in [0.15, 0.2) is 30.3 Å². The van der Waals surface area contributed by atoms with E-state index in [9.17, 15) is 9.90 Å². The van der Waals surface area contributed by atoms with Gasteiger partial charge in [0, 0.05) is 0 Å². The average molecular weight is 251 g/mol. The van der Waals surface area contributed by atoms with Gasteiger partial charge in [0.15, 0.2) is 5.60 Å². The topological polar surface area (TPSA) is 72.5 Å². The van der Waals surface area contributed by atoms with Crippen LogP contribution >= 0.6 is 0 Å². The van der Waals surface area contributed by atoms with E-state index in [1.807, 2.05) is 6.07 Å². The number of hydrogen-bond donors (Lipinski definition) is 2. The molecule has 18 heavy (non-hydrogen) atoms. The third-order valence-electron chi connectivity index (χ3n) is 2.58. The van der Waals surface area contributed by atoms with Crippen LogP contribution in [0, 0.1) is 0 Å². The fraction of sp³-hybridized carbons (Fsp3) is 0.500. The van der Waals surface area contributed by atoms with Gasteiger partial charge in [-0.25, -0.2) is 4.79 Å². The molecular weight excluding hydrogens is 230 g/mol. The van der Waals surface area contributed by atoms with Crippen molar-refractivity contribution in [2.45, 2.75) is 44.9 Å². The molecule has 0 fully saturated rings. The molecule has 0 saturated heterocycles. The zero-order chi connectivity index (χ0) is 14.0. The maximum absolute atomic E-state index is 11.9. The van der Waals surface area contributed by atoms with Crippen LogP contribution in [0.4, 0.5) is 0 Å². The van der Waals surface area contributed by atoms with Crippen molar-refractivity contribution in [3.8, 4) is 0 Å². The number of carbonyl (C=O) groups excluding carboxylic acids is 1. The van der Waals surface area contributed by atoms with Gasteiger partial charge in [-0.3, -0.25) is 0 Å². The van der Waals surface area contributed by atoms with Crippen LogP contribution in [0.1, 0.15) is 39.3 Å². The number of hydrogen-bond acceptors (Lipinski definition) is 4. The average Bonchev–Trinajstić information content (AvgIpc) is 2.27. The zero-order valence-corrected chi connectivity index (χ0v) is 11.3. The monoisotopic (exact) mass is 251 g/mol. The minimum atomic E-state index is -1.76. The Hall–Kier alpha value is -1.39. The minimum Gasteiger partial charge on any atom is -0.458 e. The summed E-state index contributed by atoms with van der Waals surface area (Å²) >= 11 is 0. The van der Waals surface area contributed by atoms with Crippen LogP contribution in [0.25, 0.3) is 0 Å². The van der Waals surface area contributed by atoms with E-state index in [1.54, 1.807) is 45.0 Å². The van der Waals surface area contributed by atoms with Crippen LogP contribution in [-0.4, -0.2) is 22.3 Å². The lowest BCUT2D eigenvalue weighted by molar-refractivity contribution is -0.177. The second-order valence-electron chi connectivity index (χ2n) is 5.54. The summed E-state index contributed by atoms with van der Waals surface area (Å²) in [6.45, 7) is 6.61. The molecule has 4 nitrogen and oxygen atoms in total. The first-order chi connectivity index (χ1) is 8.14. The second-order valence-corrected chi connectivity index (χ2v) is 5.54. The van der Waals surface area contributed by atoms with Gasteiger partial charge in [0.05, 0.1) is 6.04 Å². The van der Waals surface area contributed by atoms with Crippen LogP contribution in [-0.2, 0) is 9.53 Å². The summed E-state index contributed by atoms with van der Waals surface area (Å²) < 4.78 is 5.18. The number of esters is 1. The summed E-state index contributed by atoms with van der Waals surface area (Å²) in [4.78, 5) is 11.9. The van der Waals surface area contributed by atoms with E-state index in [1.165, 1.54) is 6.92 Å². The number of ether oxygens (including phenoxy) is 1. The Balaban J connectivity index is 2.89.